The molecule has 0 aliphatic heterocycles. The molecule has 1 aromatic rings. The lowest BCUT2D eigenvalue weighted by Crippen LogP contribution is -2.36. The third-order valence-electron chi connectivity index (χ3n) is 1.49. The number of nitrogens with zero attached hydrogens (tertiary/aromatic N) is 1. The van der Waals surface area contributed by atoms with Crippen molar-refractivity contribution in [2.45, 2.75) is 0 Å². The topological polar surface area (TPSA) is 119 Å². The van der Waals surface area contributed by atoms with Gasteiger partial charge in [0.05, 0.1) is 0 Å². The Kier molecular flexibility index (Phi) is 2.56. The Morgan fingerprint density at radius 3 is 2.71 bits per heavy atom. The van der Waals surface area contributed by atoms with Crippen LogP contribution < -0.4 is 27.1 Å². The maximum absolute atomic E-state index is 11.1. The van der Waals surface area contributed by atoms with E-state index >= 15 is 0 Å². The first-order valence-electron chi connectivity index (χ1n) is 3.51. The van der Waals surface area contributed by atoms with Gasteiger partial charge >= 0.3 is 5.69 Å². The van der Waals surface area contributed by atoms with Crippen LogP contribution in [0, 0.1) is 0 Å². The maximum Gasteiger partial charge on any atom is 0.363 e. The number of aromatic nitrogens is 2. The molecule has 1 rings (SSSR count). The van der Waals surface area contributed by atoms with E-state index in [0.29, 0.717) is 4.73 Å². The first-order chi connectivity index (χ1) is 6.61. The molecule has 14 heavy (non-hydrogen) atoms. The molecule has 0 saturated heterocycles. The molecule has 76 valence electrons. The molecule has 0 fully saturated rings. The maximum atomic E-state index is 11.1. The molecule has 0 atom stereocenters. The van der Waals surface area contributed by atoms with E-state index in [-0.39, 0.29) is 17.9 Å². The van der Waals surface area contributed by atoms with Crippen LogP contribution in [-0.4, -0.2) is 23.2 Å². The second-order valence-electron chi connectivity index (χ2n) is 2.26. The fraction of sp³-hybridized carbons (Fsp3) is 0.167. The lowest BCUT2D eigenvalue weighted by molar-refractivity contribution is -0.105. The van der Waals surface area contributed by atoms with Gasteiger partial charge in [0, 0.05) is 0 Å². The van der Waals surface area contributed by atoms with Crippen molar-refractivity contribution in [1.82, 2.24) is 9.71 Å². The molecule has 8 nitrogen and oxygen atoms in total. The van der Waals surface area contributed by atoms with Gasteiger partial charge < -0.3 is 15.9 Å². The van der Waals surface area contributed by atoms with Crippen LogP contribution in [0.3, 0.4) is 0 Å². The Balaban J connectivity index is 3.51. The van der Waals surface area contributed by atoms with Gasteiger partial charge in [-0.15, -0.1) is 4.73 Å². The normalized spacial score (nSPS) is 9.50. The number of aromatic amines is 1. The molecule has 0 bridgehead atoms. The second-order valence-corrected chi connectivity index (χ2v) is 2.26. The third kappa shape index (κ3) is 1.44. The number of nitrogens with one attached hydrogen (secondary N) is 2. The number of carbonyl (C=O) groups is 1. The van der Waals surface area contributed by atoms with Crippen LogP contribution in [0.5, 0.6) is 0 Å². The lowest BCUT2D eigenvalue weighted by Gasteiger charge is -2.08. The molecule has 0 aliphatic carbocycles. The molecule has 0 saturated carbocycles. The molecule has 0 spiro atoms. The highest BCUT2D eigenvalue weighted by Gasteiger charge is 2.11. The minimum atomic E-state index is -0.813. The lowest BCUT2D eigenvalue weighted by atomic mass is 10.5. The highest BCUT2D eigenvalue weighted by atomic mass is 16.7. The molecule has 1 heterocycles. The average molecular weight is 200 g/mol. The summed E-state index contributed by atoms with van der Waals surface area (Å²) in [6.07, 6.45) is 0.269. The molecule has 0 unspecified atom stereocenters. The van der Waals surface area contributed by atoms with Gasteiger partial charge in [0.25, 0.3) is 5.56 Å². The molecule has 0 aliphatic rings. The van der Waals surface area contributed by atoms with E-state index < -0.39 is 11.2 Å². The Hall–Kier alpha value is -2.25. The fourth-order valence-corrected chi connectivity index (χ4v) is 0.917. The van der Waals surface area contributed by atoms with E-state index in [9.17, 15) is 14.4 Å². The van der Waals surface area contributed by atoms with Gasteiger partial charge in [-0.3, -0.25) is 14.6 Å². The molecule has 1 amide bonds. The zero-order valence-electron chi connectivity index (χ0n) is 7.23. The van der Waals surface area contributed by atoms with Crippen LogP contribution in [0.4, 0.5) is 11.5 Å². The van der Waals surface area contributed by atoms with Gasteiger partial charge in [-0.25, -0.2) is 4.79 Å². The van der Waals surface area contributed by atoms with Crippen molar-refractivity contribution in [3.8, 4) is 0 Å². The predicted molar refractivity (Wildman–Crippen MR) is 47.9 cm³/mol. The number of anilines is 2. The Labute approximate surface area is 77.3 Å². The van der Waals surface area contributed by atoms with Gasteiger partial charge in [0.2, 0.25) is 6.41 Å². The summed E-state index contributed by atoms with van der Waals surface area (Å²) < 4.78 is 0.646. The molecule has 0 aromatic carbocycles. The smallest absolute Gasteiger partial charge is 0.363 e. The van der Waals surface area contributed by atoms with E-state index in [1.807, 2.05) is 4.98 Å². The summed E-state index contributed by atoms with van der Waals surface area (Å²) in [5.41, 5.74) is 3.55. The van der Waals surface area contributed by atoms with Crippen molar-refractivity contribution >= 4 is 17.9 Å². The van der Waals surface area contributed by atoms with Crippen molar-refractivity contribution in [3.05, 3.63) is 20.8 Å². The first kappa shape index (κ1) is 9.84. The van der Waals surface area contributed by atoms with E-state index in [2.05, 4.69) is 10.2 Å². The third-order valence-corrected chi connectivity index (χ3v) is 1.49. The minimum absolute atomic E-state index is 0.235. The number of amides is 1. The largest absolute Gasteiger partial charge is 0.411 e. The highest BCUT2D eigenvalue weighted by Crippen LogP contribution is 2.06. The van der Waals surface area contributed by atoms with Crippen LogP contribution in [0.15, 0.2) is 9.59 Å². The van der Waals surface area contributed by atoms with Gasteiger partial charge in [-0.2, -0.15) is 0 Å². The zero-order chi connectivity index (χ0) is 10.7. The SMILES string of the molecule is COn1c(N)c(NC=O)c(=O)[nH]c1=O. The van der Waals surface area contributed by atoms with Crippen molar-refractivity contribution in [3.63, 3.8) is 0 Å². The Morgan fingerprint density at radius 1 is 1.57 bits per heavy atom. The van der Waals surface area contributed by atoms with E-state index in [1.165, 1.54) is 7.11 Å². The number of hydrogen-bond acceptors (Lipinski definition) is 5. The van der Waals surface area contributed by atoms with Crippen LogP contribution in [-0.2, 0) is 4.79 Å². The van der Waals surface area contributed by atoms with Crippen molar-refractivity contribution in [1.29, 1.82) is 0 Å². The summed E-state index contributed by atoms with van der Waals surface area (Å²) in [7, 11) is 1.20. The monoisotopic (exact) mass is 200 g/mol. The fourth-order valence-electron chi connectivity index (χ4n) is 0.917. The van der Waals surface area contributed by atoms with Crippen molar-refractivity contribution in [2.75, 3.05) is 18.2 Å². The van der Waals surface area contributed by atoms with Crippen LogP contribution in [0.1, 0.15) is 0 Å². The average Bonchev–Trinajstić information content (AvgIpc) is 2.12. The van der Waals surface area contributed by atoms with Crippen LogP contribution in [0.2, 0.25) is 0 Å². The zero-order valence-corrected chi connectivity index (χ0v) is 7.23. The summed E-state index contributed by atoms with van der Waals surface area (Å²) in [5, 5.41) is 2.06. The number of hydrogen-bond donors (Lipinski definition) is 3. The summed E-state index contributed by atoms with van der Waals surface area (Å²) in [6, 6.07) is 0. The Morgan fingerprint density at radius 2 is 2.21 bits per heavy atom. The summed E-state index contributed by atoms with van der Waals surface area (Å²) >= 11 is 0. The predicted octanol–water partition coefficient (Wildman–Crippen LogP) is -2.25. The van der Waals surface area contributed by atoms with E-state index in [0.717, 1.165) is 0 Å². The number of nitrogens with two attached hydrogens (primary N) is 1. The first-order valence-corrected chi connectivity index (χ1v) is 3.51. The van der Waals surface area contributed by atoms with Gasteiger partial charge in [0.1, 0.15) is 7.11 Å². The van der Waals surface area contributed by atoms with Crippen LogP contribution >= 0.6 is 0 Å². The van der Waals surface area contributed by atoms with Gasteiger partial charge in [-0.05, 0) is 0 Å². The van der Waals surface area contributed by atoms with Crippen LogP contribution in [0.25, 0.3) is 0 Å². The molecule has 8 heteroatoms. The van der Waals surface area contributed by atoms with Gasteiger partial charge in [0.15, 0.2) is 11.5 Å². The number of H-pyrrole nitrogens is 1. The van der Waals surface area contributed by atoms with Gasteiger partial charge in [-0.1, -0.05) is 0 Å². The van der Waals surface area contributed by atoms with E-state index in [1.54, 1.807) is 0 Å². The standard InChI is InChI=1S/C6H8N4O4/c1-14-10-4(7)3(8-2-11)5(12)9-6(10)13/h2H,7H2,1H3,(H,8,11)(H,9,12,13). The summed E-state index contributed by atoms with van der Waals surface area (Å²) in [6.45, 7) is 0. The highest BCUT2D eigenvalue weighted by molar-refractivity contribution is 5.76. The molecule has 0 radical (unpaired) electrons. The summed E-state index contributed by atoms with van der Waals surface area (Å²) in [5.74, 6) is -0.270. The molecular weight excluding hydrogens is 192 g/mol. The number of rotatable bonds is 3. The molecular formula is C6H8N4O4. The van der Waals surface area contributed by atoms with Crippen molar-refractivity contribution < 1.29 is 9.63 Å². The quantitative estimate of drug-likeness (QED) is 0.476. The number of nitrogen functional groups attached to an aromatic ring is 1. The molecule has 4 N–H and O–H groups in total. The van der Waals surface area contributed by atoms with Crippen molar-refractivity contribution in [2.24, 2.45) is 0 Å². The number of carbonyl (C=O) groups excluding carboxylic acids is 1. The van der Waals surface area contributed by atoms with E-state index in [4.69, 9.17) is 5.73 Å². The minimum Gasteiger partial charge on any atom is -0.411 e. The summed E-state index contributed by atoms with van der Waals surface area (Å²) in [4.78, 5) is 38.7. The molecule has 1 aromatic heterocycles. The Bertz CT molecular complexity index is 460. The second kappa shape index (κ2) is 3.64.